The first-order valence-electron chi connectivity index (χ1n) is 17.1. The number of pyridine rings is 2. The molecule has 2 fully saturated rings. The van der Waals surface area contributed by atoms with E-state index in [0.29, 0.717) is 48.5 Å². The Hall–Kier alpha value is -3.91. The van der Waals surface area contributed by atoms with Gasteiger partial charge in [-0.25, -0.2) is 24.2 Å². The smallest absolute Gasteiger partial charge is 0.410 e. The van der Waals surface area contributed by atoms with Crippen LogP contribution in [0.3, 0.4) is 0 Å². The Kier molecular flexibility index (Phi) is 11.0. The van der Waals surface area contributed by atoms with E-state index in [4.69, 9.17) is 21.1 Å². The second-order valence-electron chi connectivity index (χ2n) is 15.2. The van der Waals surface area contributed by atoms with Gasteiger partial charge in [-0.1, -0.05) is 31.0 Å². The van der Waals surface area contributed by atoms with Gasteiger partial charge in [0, 0.05) is 30.9 Å². The number of halogens is 1. The van der Waals surface area contributed by atoms with Crippen molar-refractivity contribution < 1.29 is 27.5 Å². The largest absolute Gasteiger partial charge is 0.477 e. The van der Waals surface area contributed by atoms with Crippen LogP contribution in [0.1, 0.15) is 96.8 Å². The number of nitrogens with zero attached hydrogens (tertiary/aromatic N) is 5. The molecule has 5 rings (SSSR count). The molecule has 15 heteroatoms. The number of likely N-dealkylation sites (tertiary alicyclic amines) is 1. The van der Waals surface area contributed by atoms with Gasteiger partial charge < -0.3 is 19.7 Å². The molecule has 1 atom stereocenters. The fraction of sp³-hybridized carbons (Fsp3) is 0.571. The number of unbranched alkanes of at least 4 members (excludes halogenated alkanes) is 1. The summed E-state index contributed by atoms with van der Waals surface area (Å²) >= 11 is 6.32. The summed E-state index contributed by atoms with van der Waals surface area (Å²) in [5.74, 6) is 0.592. The van der Waals surface area contributed by atoms with Gasteiger partial charge in [0.25, 0.3) is 15.9 Å². The number of nitrogens with one attached hydrogen (secondary N) is 2. The Morgan fingerprint density at radius 3 is 2.52 bits per heavy atom. The molecule has 1 aliphatic heterocycles. The second-order valence-corrected chi connectivity index (χ2v) is 17.2. The van der Waals surface area contributed by atoms with E-state index in [-0.39, 0.29) is 27.4 Å². The van der Waals surface area contributed by atoms with Crippen LogP contribution in [0.15, 0.2) is 47.6 Å². The van der Waals surface area contributed by atoms with Gasteiger partial charge in [-0.15, -0.1) is 5.10 Å². The number of anilines is 1. The Balaban J connectivity index is 1.09. The number of hydrogen-bond donors (Lipinski definition) is 2. The fourth-order valence-electron chi connectivity index (χ4n) is 5.98. The van der Waals surface area contributed by atoms with E-state index in [1.807, 2.05) is 30.4 Å². The molecule has 272 valence electrons. The molecule has 4 heterocycles. The molecule has 0 bridgehead atoms. The molecular formula is C35H48ClN7O6S. The molecule has 1 saturated carbocycles. The predicted molar refractivity (Wildman–Crippen MR) is 190 cm³/mol. The van der Waals surface area contributed by atoms with E-state index in [1.54, 1.807) is 24.4 Å². The normalized spacial score (nSPS) is 18.1. The minimum absolute atomic E-state index is 0.116. The van der Waals surface area contributed by atoms with Crippen molar-refractivity contribution >= 4 is 39.4 Å². The summed E-state index contributed by atoms with van der Waals surface area (Å²) in [4.78, 5) is 36.0. The van der Waals surface area contributed by atoms with Gasteiger partial charge in [0.2, 0.25) is 5.88 Å². The van der Waals surface area contributed by atoms with Crippen molar-refractivity contribution in [3.63, 3.8) is 0 Å². The van der Waals surface area contributed by atoms with Crippen LogP contribution >= 0.6 is 11.6 Å². The molecule has 50 heavy (non-hydrogen) atoms. The quantitative estimate of drug-likeness (QED) is 0.136. The number of carbonyl (C=O) groups is 2. The van der Waals surface area contributed by atoms with Crippen molar-refractivity contribution in [2.75, 3.05) is 25.0 Å². The highest BCUT2D eigenvalue weighted by molar-refractivity contribution is 7.90. The van der Waals surface area contributed by atoms with Gasteiger partial charge in [-0.05, 0) is 109 Å². The number of sulfonamides is 1. The van der Waals surface area contributed by atoms with Crippen LogP contribution in [0.4, 0.5) is 10.6 Å². The second kappa shape index (κ2) is 14.7. The highest BCUT2D eigenvalue weighted by Gasteiger charge is 2.42. The van der Waals surface area contributed by atoms with E-state index in [2.05, 4.69) is 41.2 Å². The van der Waals surface area contributed by atoms with Crippen molar-refractivity contribution in [2.24, 2.45) is 11.3 Å². The lowest BCUT2D eigenvalue weighted by atomic mass is 9.93. The fourth-order valence-corrected chi connectivity index (χ4v) is 7.15. The third-order valence-corrected chi connectivity index (χ3v) is 10.6. The maximum absolute atomic E-state index is 13.1. The van der Waals surface area contributed by atoms with Crippen molar-refractivity contribution in [3.8, 4) is 11.7 Å². The lowest BCUT2D eigenvalue weighted by Crippen LogP contribution is -2.45. The Morgan fingerprint density at radius 1 is 1.06 bits per heavy atom. The van der Waals surface area contributed by atoms with Crippen LogP contribution in [-0.4, -0.2) is 75.9 Å². The number of amides is 2. The van der Waals surface area contributed by atoms with Crippen LogP contribution in [0.5, 0.6) is 5.88 Å². The van der Waals surface area contributed by atoms with Crippen LogP contribution in [0.2, 0.25) is 5.15 Å². The average Bonchev–Trinajstić information content (AvgIpc) is 3.42. The minimum atomic E-state index is -4.32. The molecule has 1 saturated heterocycles. The SMILES string of the molecule is CC1(CCOc2ccn(-c3ccc(C(=O)NS(=O)(=O)c4cccc(NCCCCC5CN(C(=O)OC(C)(C)C)C(C)(C)C5)n4)c(Cl)n3)n2)CC1. The molecule has 3 aromatic heterocycles. The number of aromatic nitrogens is 4. The number of carbonyl (C=O) groups excluding carboxylic acids is 2. The molecule has 0 aromatic carbocycles. The average molecular weight is 730 g/mol. The predicted octanol–water partition coefficient (Wildman–Crippen LogP) is 6.62. The summed E-state index contributed by atoms with van der Waals surface area (Å²) in [6.45, 7) is 13.8. The first-order valence-corrected chi connectivity index (χ1v) is 18.9. The zero-order valence-electron chi connectivity index (χ0n) is 29.7. The number of ether oxygens (including phenoxy) is 2. The van der Waals surface area contributed by atoms with Crippen molar-refractivity contribution in [3.05, 3.63) is 53.3 Å². The van der Waals surface area contributed by atoms with E-state index >= 15 is 0 Å². The van der Waals surface area contributed by atoms with E-state index in [0.717, 1.165) is 32.1 Å². The molecule has 0 spiro atoms. The minimum Gasteiger partial charge on any atom is -0.477 e. The first kappa shape index (κ1) is 37.3. The molecule has 0 radical (unpaired) electrons. The standard InChI is InChI=1S/C35H48ClN7O6S/c1-33(2,3)49-32(45)42-23-24(22-34(42,4)5)10-7-8-19-37-26-11-9-12-29(38-26)50(46,47)41-31(44)25-13-14-27(39-30(25)36)43-20-15-28(40-43)48-21-18-35(6)16-17-35/h9,11-15,20,24H,7-8,10,16-19,21-23H2,1-6H3,(H,37,38)(H,41,44). The van der Waals surface area contributed by atoms with Gasteiger partial charge in [0.05, 0.1) is 12.2 Å². The molecular weight excluding hydrogens is 682 g/mol. The van der Waals surface area contributed by atoms with Crippen LogP contribution < -0.4 is 14.8 Å². The molecule has 1 aliphatic carbocycles. The molecule has 2 amide bonds. The van der Waals surface area contributed by atoms with Crippen molar-refractivity contribution in [1.82, 2.24) is 29.4 Å². The first-order chi connectivity index (χ1) is 23.4. The summed E-state index contributed by atoms with van der Waals surface area (Å²) in [5.41, 5.74) is -0.548. The van der Waals surface area contributed by atoms with E-state index in [9.17, 15) is 18.0 Å². The molecule has 3 aromatic rings. The monoisotopic (exact) mass is 729 g/mol. The molecule has 2 aliphatic rings. The van der Waals surface area contributed by atoms with Gasteiger partial charge in [-0.2, -0.15) is 8.42 Å². The Labute approximate surface area is 299 Å². The van der Waals surface area contributed by atoms with Gasteiger partial charge in [0.15, 0.2) is 10.8 Å². The highest BCUT2D eigenvalue weighted by atomic mass is 35.5. The Morgan fingerprint density at radius 2 is 1.82 bits per heavy atom. The summed E-state index contributed by atoms with van der Waals surface area (Å²) in [7, 11) is -4.32. The zero-order valence-corrected chi connectivity index (χ0v) is 31.2. The molecule has 13 nitrogen and oxygen atoms in total. The van der Waals surface area contributed by atoms with Crippen LogP contribution in [0, 0.1) is 11.3 Å². The lowest BCUT2D eigenvalue weighted by molar-refractivity contribution is 0.0130. The summed E-state index contributed by atoms with van der Waals surface area (Å²) in [6.07, 6.45) is 8.39. The summed E-state index contributed by atoms with van der Waals surface area (Å²) in [6, 6.07) is 9.15. The van der Waals surface area contributed by atoms with Crippen LogP contribution in [0.25, 0.3) is 5.82 Å². The third kappa shape index (κ3) is 9.87. The summed E-state index contributed by atoms with van der Waals surface area (Å²) < 4.78 is 41.1. The van der Waals surface area contributed by atoms with E-state index in [1.165, 1.54) is 35.7 Å². The highest BCUT2D eigenvalue weighted by Crippen LogP contribution is 2.48. The lowest BCUT2D eigenvalue weighted by Gasteiger charge is -2.33. The van der Waals surface area contributed by atoms with Crippen LogP contribution in [-0.2, 0) is 14.8 Å². The Bertz CT molecular complexity index is 1800. The molecule has 2 N–H and O–H groups in total. The third-order valence-electron chi connectivity index (χ3n) is 9.08. The van der Waals surface area contributed by atoms with Crippen molar-refractivity contribution in [1.29, 1.82) is 0 Å². The van der Waals surface area contributed by atoms with E-state index < -0.39 is 21.5 Å². The molecule has 1 unspecified atom stereocenters. The number of rotatable bonds is 14. The topological polar surface area (TPSA) is 158 Å². The van der Waals surface area contributed by atoms with Gasteiger partial charge in [0.1, 0.15) is 16.6 Å². The zero-order chi connectivity index (χ0) is 36.3. The van der Waals surface area contributed by atoms with Gasteiger partial charge in [-0.3, -0.25) is 4.79 Å². The van der Waals surface area contributed by atoms with Gasteiger partial charge >= 0.3 is 6.09 Å². The van der Waals surface area contributed by atoms with Crippen molar-refractivity contribution in [2.45, 2.75) is 103 Å². The maximum Gasteiger partial charge on any atom is 0.410 e. The number of hydrogen-bond acceptors (Lipinski definition) is 10. The maximum atomic E-state index is 13.1. The summed E-state index contributed by atoms with van der Waals surface area (Å²) in [5, 5.41) is 7.03.